The van der Waals surface area contributed by atoms with Crippen LogP contribution in [0.3, 0.4) is 0 Å². The van der Waals surface area contributed by atoms with Crippen molar-refractivity contribution in [2.75, 3.05) is 0 Å². The highest BCUT2D eigenvalue weighted by Crippen LogP contribution is 2.40. The zero-order valence-electron chi connectivity index (χ0n) is 15.2. The third kappa shape index (κ3) is 3.60. The molecule has 0 saturated heterocycles. The number of phenolic OH excluding ortho intramolecular Hbond substituents is 2. The van der Waals surface area contributed by atoms with Gasteiger partial charge in [-0.2, -0.15) is 0 Å². The van der Waals surface area contributed by atoms with Crippen LogP contribution < -0.4 is 9.61 Å². The van der Waals surface area contributed by atoms with Gasteiger partial charge in [-0.3, -0.25) is 0 Å². The van der Waals surface area contributed by atoms with Crippen LogP contribution in [0.15, 0.2) is 66.7 Å². The maximum Gasteiger partial charge on any atom is 0.351 e. The molecule has 3 rings (SSSR count). The van der Waals surface area contributed by atoms with Crippen molar-refractivity contribution >= 4 is 14.9 Å². The summed E-state index contributed by atoms with van der Waals surface area (Å²) in [7, 11) is 0.126. The highest BCUT2D eigenvalue weighted by molar-refractivity contribution is 6.47. The van der Waals surface area contributed by atoms with E-state index in [0.717, 1.165) is 21.9 Å². The molecule has 0 aliphatic rings. The average molecular weight is 363 g/mol. The molecule has 132 valence electrons. The molecule has 26 heavy (non-hydrogen) atoms. The first kappa shape index (κ1) is 18.1. The Morgan fingerprint density at radius 3 is 2.15 bits per heavy atom. The Morgan fingerprint density at radius 1 is 0.846 bits per heavy atom. The van der Waals surface area contributed by atoms with Crippen LogP contribution in [0.1, 0.15) is 30.5 Å². The molecule has 3 aromatic rings. The minimum absolute atomic E-state index is 0.126. The second-order valence-electron chi connectivity index (χ2n) is 6.83. The smallest absolute Gasteiger partial charge is 0.351 e. The van der Waals surface area contributed by atoms with Gasteiger partial charge in [0.05, 0.1) is 0 Å². The molecule has 4 heteroatoms. The van der Waals surface area contributed by atoms with E-state index in [0.29, 0.717) is 5.75 Å². The summed E-state index contributed by atoms with van der Waals surface area (Å²) in [6, 6.07) is 20.8. The lowest BCUT2D eigenvalue weighted by molar-refractivity contribution is 0.441. The lowest BCUT2D eigenvalue weighted by Crippen LogP contribution is -2.23. The van der Waals surface area contributed by atoms with Crippen molar-refractivity contribution in [2.24, 2.45) is 0 Å². The Morgan fingerprint density at radius 2 is 1.50 bits per heavy atom. The minimum Gasteiger partial charge on any atom is -0.533 e. The molecular formula is C22H22O3Si. The molecule has 0 saturated carbocycles. The van der Waals surface area contributed by atoms with Gasteiger partial charge in [0.15, 0.2) is 5.75 Å². The Hall–Kier alpha value is -2.72. The second-order valence-corrected chi connectivity index (χ2v) is 7.81. The van der Waals surface area contributed by atoms with Crippen LogP contribution in [-0.4, -0.2) is 20.0 Å². The summed E-state index contributed by atoms with van der Waals surface area (Å²) in [4.78, 5) is 0. The van der Waals surface area contributed by atoms with Gasteiger partial charge in [-0.15, -0.1) is 0 Å². The van der Waals surface area contributed by atoms with Crippen LogP contribution in [0.5, 0.6) is 17.2 Å². The molecule has 0 aliphatic carbocycles. The summed E-state index contributed by atoms with van der Waals surface area (Å²) in [6.45, 7) is 6.23. The molecule has 0 amide bonds. The predicted octanol–water partition coefficient (Wildman–Crippen LogP) is 4.06. The fourth-order valence-corrected chi connectivity index (χ4v) is 3.94. The van der Waals surface area contributed by atoms with Gasteiger partial charge in [-0.25, -0.2) is 0 Å². The van der Waals surface area contributed by atoms with Crippen molar-refractivity contribution in [2.45, 2.75) is 26.2 Å². The van der Waals surface area contributed by atoms with Crippen molar-refractivity contribution < 1.29 is 14.6 Å². The van der Waals surface area contributed by atoms with Crippen LogP contribution in [0.2, 0.25) is 0 Å². The summed E-state index contributed by atoms with van der Waals surface area (Å²) >= 11 is 0. The van der Waals surface area contributed by atoms with Gasteiger partial charge >= 0.3 is 9.76 Å². The van der Waals surface area contributed by atoms with Crippen molar-refractivity contribution in [3.05, 3.63) is 83.4 Å². The molecule has 0 atom stereocenters. The number of hydrogen-bond donors (Lipinski definition) is 2. The quantitative estimate of drug-likeness (QED) is 0.673. The zero-order valence-corrected chi connectivity index (χ0v) is 16.2. The molecule has 0 bridgehead atoms. The Labute approximate surface area is 156 Å². The average Bonchev–Trinajstić information content (AvgIpc) is 2.62. The highest BCUT2D eigenvalue weighted by atomic mass is 28.2. The first-order valence-corrected chi connectivity index (χ1v) is 9.41. The van der Waals surface area contributed by atoms with E-state index in [1.165, 1.54) is 0 Å². The monoisotopic (exact) mass is 362 g/mol. The van der Waals surface area contributed by atoms with E-state index in [2.05, 4.69) is 13.8 Å². The Kier molecular flexibility index (Phi) is 5.05. The molecule has 0 fully saturated rings. The highest BCUT2D eigenvalue weighted by Gasteiger charge is 2.27. The van der Waals surface area contributed by atoms with Crippen molar-refractivity contribution in [3.8, 4) is 17.2 Å². The van der Waals surface area contributed by atoms with Gasteiger partial charge in [-0.05, 0) is 47.0 Å². The molecule has 0 heterocycles. The van der Waals surface area contributed by atoms with Gasteiger partial charge in [0.2, 0.25) is 0 Å². The summed E-state index contributed by atoms with van der Waals surface area (Å²) in [6.07, 6.45) is 0. The lowest BCUT2D eigenvalue weighted by Gasteiger charge is -2.29. The van der Waals surface area contributed by atoms with E-state index in [4.69, 9.17) is 4.43 Å². The second kappa shape index (κ2) is 7.26. The molecule has 2 N–H and O–H groups in total. The van der Waals surface area contributed by atoms with E-state index in [-0.39, 0.29) is 26.7 Å². The third-order valence-electron chi connectivity index (χ3n) is 4.69. The Bertz CT molecular complexity index is 887. The molecular weight excluding hydrogens is 340 g/mol. The van der Waals surface area contributed by atoms with E-state index < -0.39 is 0 Å². The fourth-order valence-electron chi connectivity index (χ4n) is 3.13. The summed E-state index contributed by atoms with van der Waals surface area (Å²) in [5.41, 5.74) is 2.79. The Balaban J connectivity index is 1.94. The molecule has 0 aliphatic heterocycles. The first-order chi connectivity index (χ1) is 12.4. The maximum atomic E-state index is 10.3. The number of aromatic hydroxyl groups is 2. The summed E-state index contributed by atoms with van der Waals surface area (Å²) < 4.78 is 5.98. The fraction of sp³-hybridized carbons (Fsp3) is 0.182. The van der Waals surface area contributed by atoms with Crippen molar-refractivity contribution in [3.63, 3.8) is 0 Å². The molecule has 0 unspecified atom stereocenters. The largest absolute Gasteiger partial charge is 0.533 e. The number of phenols is 2. The van der Waals surface area contributed by atoms with Crippen LogP contribution >= 0.6 is 0 Å². The van der Waals surface area contributed by atoms with Crippen LogP contribution in [0, 0.1) is 6.92 Å². The standard InChI is InChI=1S/C22H22O3Si/c1-15-19(22(2,3)16-9-11-17(23)12-10-16)13-14-20(24)21(15)25-26-18-7-5-4-6-8-18/h4-14,23-24H,1-3H3. The minimum atomic E-state index is -0.292. The molecule has 2 radical (unpaired) electrons. The van der Waals surface area contributed by atoms with E-state index in [9.17, 15) is 10.2 Å². The molecule has 0 spiro atoms. The van der Waals surface area contributed by atoms with E-state index >= 15 is 0 Å². The zero-order chi connectivity index (χ0) is 18.7. The van der Waals surface area contributed by atoms with Crippen molar-refractivity contribution in [1.82, 2.24) is 0 Å². The molecule has 0 aromatic heterocycles. The van der Waals surface area contributed by atoms with Gasteiger partial charge < -0.3 is 14.6 Å². The third-order valence-corrected chi connectivity index (χ3v) is 5.57. The van der Waals surface area contributed by atoms with Crippen LogP contribution in [-0.2, 0) is 5.41 Å². The number of hydrogen-bond acceptors (Lipinski definition) is 3. The van der Waals surface area contributed by atoms with E-state index in [1.807, 2.05) is 55.5 Å². The van der Waals surface area contributed by atoms with Crippen LogP contribution in [0.25, 0.3) is 0 Å². The molecule has 3 aromatic carbocycles. The van der Waals surface area contributed by atoms with Gasteiger partial charge in [0, 0.05) is 5.41 Å². The maximum absolute atomic E-state index is 10.3. The normalized spacial score (nSPS) is 11.3. The topological polar surface area (TPSA) is 49.7 Å². The van der Waals surface area contributed by atoms with Crippen LogP contribution in [0.4, 0.5) is 0 Å². The lowest BCUT2D eigenvalue weighted by atomic mass is 9.76. The number of rotatable bonds is 5. The van der Waals surface area contributed by atoms with Gasteiger partial charge in [0.25, 0.3) is 0 Å². The number of benzene rings is 3. The predicted molar refractivity (Wildman–Crippen MR) is 106 cm³/mol. The summed E-state index contributed by atoms with van der Waals surface area (Å²) in [5.74, 6) is 0.924. The molecule has 3 nitrogen and oxygen atoms in total. The van der Waals surface area contributed by atoms with Crippen molar-refractivity contribution in [1.29, 1.82) is 0 Å². The first-order valence-electron chi connectivity index (χ1n) is 8.50. The summed E-state index contributed by atoms with van der Waals surface area (Å²) in [5, 5.41) is 20.9. The van der Waals surface area contributed by atoms with Gasteiger partial charge in [0.1, 0.15) is 11.5 Å². The SMILES string of the molecule is Cc1c(C(C)(C)c2ccc(O)cc2)ccc(O)c1O[Si]c1ccccc1. The van der Waals surface area contributed by atoms with Gasteiger partial charge in [-0.1, -0.05) is 62.4 Å². The van der Waals surface area contributed by atoms with E-state index in [1.54, 1.807) is 18.2 Å².